The first-order chi connectivity index (χ1) is 11.8. The number of nitrogens with one attached hydrogen (secondary N) is 1. The van der Waals surface area contributed by atoms with Crippen LogP contribution in [-0.2, 0) is 11.2 Å². The summed E-state index contributed by atoms with van der Waals surface area (Å²) in [6.07, 6.45) is 7.44. The maximum absolute atomic E-state index is 12.6. The van der Waals surface area contributed by atoms with Crippen molar-refractivity contribution >= 4 is 11.7 Å². The molecule has 1 fully saturated rings. The normalized spacial score (nSPS) is 22.4. The summed E-state index contributed by atoms with van der Waals surface area (Å²) < 4.78 is 0. The number of carbonyl (C=O) groups excluding carboxylic acids is 1. The Bertz CT molecular complexity index is 720. The Labute approximate surface area is 141 Å². The third-order valence-corrected chi connectivity index (χ3v) is 5.02. The van der Waals surface area contributed by atoms with Gasteiger partial charge < -0.3 is 10.2 Å². The van der Waals surface area contributed by atoms with E-state index in [1.807, 2.05) is 18.2 Å². The smallest absolute Gasteiger partial charge is 0.229 e. The summed E-state index contributed by atoms with van der Waals surface area (Å²) in [6, 6.07) is 8.18. The fraction of sp³-hybridized carbons (Fsp3) is 0.444. The molecule has 0 saturated carbocycles. The van der Waals surface area contributed by atoms with Crippen LogP contribution >= 0.6 is 0 Å². The van der Waals surface area contributed by atoms with Gasteiger partial charge in [0, 0.05) is 31.5 Å². The van der Waals surface area contributed by atoms with Crippen LogP contribution in [0, 0.1) is 0 Å². The first kappa shape index (κ1) is 15.1. The Morgan fingerprint density at radius 1 is 1.25 bits per heavy atom. The summed E-state index contributed by atoms with van der Waals surface area (Å²) >= 11 is 0. The highest BCUT2D eigenvalue weighted by atomic mass is 16.1. The van der Waals surface area contributed by atoms with Gasteiger partial charge in [0.2, 0.25) is 5.91 Å². The number of nitrogens with zero attached hydrogens (tertiary/aromatic N) is 4. The third kappa shape index (κ3) is 2.84. The van der Waals surface area contributed by atoms with Crippen molar-refractivity contribution in [2.24, 2.45) is 0 Å². The largest absolute Gasteiger partial charge is 0.353 e. The fourth-order valence-corrected chi connectivity index (χ4v) is 3.81. The van der Waals surface area contributed by atoms with Gasteiger partial charge in [-0.25, -0.2) is 0 Å². The first-order valence-corrected chi connectivity index (χ1v) is 8.59. The molecule has 2 aromatic rings. The lowest BCUT2D eigenvalue weighted by molar-refractivity contribution is -0.122. The van der Waals surface area contributed by atoms with Gasteiger partial charge in [0.05, 0.1) is 11.6 Å². The number of rotatable bonds is 4. The number of aryl methyl sites for hydroxylation is 1. The molecule has 6 nitrogen and oxygen atoms in total. The van der Waals surface area contributed by atoms with E-state index in [1.165, 1.54) is 5.56 Å². The predicted octanol–water partition coefficient (Wildman–Crippen LogP) is 1.69. The molecule has 1 N–H and O–H groups in total. The molecule has 1 aliphatic heterocycles. The second-order valence-electron chi connectivity index (χ2n) is 6.46. The predicted molar refractivity (Wildman–Crippen MR) is 90.7 cm³/mol. The number of hydrogen-bond acceptors (Lipinski definition) is 5. The van der Waals surface area contributed by atoms with E-state index >= 15 is 0 Å². The van der Waals surface area contributed by atoms with Gasteiger partial charge in [-0.05, 0) is 49.4 Å². The highest BCUT2D eigenvalue weighted by Crippen LogP contribution is 2.31. The summed E-state index contributed by atoms with van der Waals surface area (Å²) in [6.45, 7) is 1.61. The average molecular weight is 323 g/mol. The number of fused-ring (bicyclic) bond motifs is 1. The Morgan fingerprint density at radius 3 is 3.04 bits per heavy atom. The highest BCUT2D eigenvalue weighted by molar-refractivity contribution is 5.84. The minimum Gasteiger partial charge on any atom is -0.353 e. The van der Waals surface area contributed by atoms with E-state index in [0.29, 0.717) is 6.54 Å². The van der Waals surface area contributed by atoms with Crippen LogP contribution in [0.3, 0.4) is 0 Å². The number of pyridine rings is 1. The Balaban J connectivity index is 1.39. The molecule has 0 bridgehead atoms. The molecular formula is C18H21N5O. The maximum atomic E-state index is 12.6. The quantitative estimate of drug-likeness (QED) is 0.927. The van der Waals surface area contributed by atoms with Crippen molar-refractivity contribution in [3.63, 3.8) is 0 Å². The van der Waals surface area contributed by atoms with Crippen LogP contribution in [0.15, 0.2) is 36.7 Å². The minimum absolute atomic E-state index is 0.0958. The van der Waals surface area contributed by atoms with E-state index in [-0.39, 0.29) is 17.9 Å². The van der Waals surface area contributed by atoms with Crippen molar-refractivity contribution in [2.75, 3.05) is 18.0 Å². The van der Waals surface area contributed by atoms with Gasteiger partial charge in [-0.2, -0.15) is 5.10 Å². The number of amides is 1. The summed E-state index contributed by atoms with van der Waals surface area (Å²) in [4.78, 5) is 19.3. The van der Waals surface area contributed by atoms with E-state index in [4.69, 9.17) is 0 Å². The van der Waals surface area contributed by atoms with E-state index in [0.717, 1.165) is 43.7 Å². The second kappa shape index (κ2) is 6.55. The molecule has 24 heavy (non-hydrogen) atoms. The van der Waals surface area contributed by atoms with E-state index in [2.05, 4.69) is 31.5 Å². The Kier molecular flexibility index (Phi) is 4.11. The fourth-order valence-electron chi connectivity index (χ4n) is 3.81. The number of carbonyl (C=O) groups is 1. The summed E-state index contributed by atoms with van der Waals surface area (Å²) in [5, 5.41) is 11.3. The minimum atomic E-state index is -0.104. The molecule has 0 spiro atoms. The molecule has 1 saturated heterocycles. The molecule has 1 aliphatic carbocycles. The first-order valence-electron chi connectivity index (χ1n) is 8.59. The van der Waals surface area contributed by atoms with Crippen LogP contribution < -0.4 is 10.2 Å². The van der Waals surface area contributed by atoms with Crippen molar-refractivity contribution in [1.29, 1.82) is 0 Å². The molecule has 0 aromatic carbocycles. The lowest BCUT2D eigenvalue weighted by Crippen LogP contribution is -2.42. The molecule has 1 amide bonds. The summed E-state index contributed by atoms with van der Waals surface area (Å²) in [5.74, 6) is 0.883. The van der Waals surface area contributed by atoms with Crippen LogP contribution in [0.1, 0.15) is 36.4 Å². The lowest BCUT2D eigenvalue weighted by atomic mass is 10.1. The van der Waals surface area contributed by atoms with Gasteiger partial charge in [0.25, 0.3) is 0 Å². The van der Waals surface area contributed by atoms with Crippen molar-refractivity contribution in [1.82, 2.24) is 20.5 Å². The van der Waals surface area contributed by atoms with Gasteiger partial charge in [0.15, 0.2) is 5.82 Å². The Hall–Kier alpha value is -2.50. The summed E-state index contributed by atoms with van der Waals surface area (Å²) in [5.41, 5.74) is 2.16. The SMILES string of the molecule is O=C(NCC1CCCN1c1cccnn1)C1CCc2cccnc21. The van der Waals surface area contributed by atoms with Gasteiger partial charge in [-0.15, -0.1) is 5.10 Å². The zero-order valence-electron chi connectivity index (χ0n) is 13.6. The van der Waals surface area contributed by atoms with Crippen molar-refractivity contribution in [2.45, 2.75) is 37.6 Å². The average Bonchev–Trinajstić information content (AvgIpc) is 3.27. The van der Waals surface area contributed by atoms with Crippen LogP contribution in [-0.4, -0.2) is 40.2 Å². The molecule has 2 atom stereocenters. The number of anilines is 1. The molecule has 2 aromatic heterocycles. The number of hydrogen-bond donors (Lipinski definition) is 1. The zero-order valence-corrected chi connectivity index (χ0v) is 13.6. The van der Waals surface area contributed by atoms with Crippen LogP contribution in [0.5, 0.6) is 0 Å². The molecular weight excluding hydrogens is 302 g/mol. The van der Waals surface area contributed by atoms with Gasteiger partial charge in [0.1, 0.15) is 0 Å². The summed E-state index contributed by atoms with van der Waals surface area (Å²) in [7, 11) is 0. The van der Waals surface area contributed by atoms with Gasteiger partial charge in [-0.3, -0.25) is 9.78 Å². The zero-order chi connectivity index (χ0) is 16.4. The number of aromatic nitrogens is 3. The molecule has 4 rings (SSSR count). The van der Waals surface area contributed by atoms with Gasteiger partial charge in [-0.1, -0.05) is 6.07 Å². The second-order valence-corrected chi connectivity index (χ2v) is 6.46. The lowest BCUT2D eigenvalue weighted by Gasteiger charge is -2.25. The van der Waals surface area contributed by atoms with Crippen LogP contribution in [0.2, 0.25) is 0 Å². The van der Waals surface area contributed by atoms with Crippen molar-refractivity contribution < 1.29 is 4.79 Å². The molecule has 3 heterocycles. The van der Waals surface area contributed by atoms with E-state index in [1.54, 1.807) is 12.4 Å². The standard InChI is InChI=1S/C18H21N5O/c24-18(15-8-7-13-4-1-9-19-17(13)15)20-12-14-5-3-11-23(14)16-6-2-10-21-22-16/h1-2,4,6,9-10,14-15H,3,5,7-8,11-12H2,(H,20,24). The Morgan fingerprint density at radius 2 is 2.17 bits per heavy atom. The van der Waals surface area contributed by atoms with Gasteiger partial charge >= 0.3 is 0 Å². The highest BCUT2D eigenvalue weighted by Gasteiger charge is 2.31. The topological polar surface area (TPSA) is 71.0 Å². The molecule has 124 valence electrons. The molecule has 0 radical (unpaired) electrons. The van der Waals surface area contributed by atoms with Crippen LogP contribution in [0.25, 0.3) is 0 Å². The van der Waals surface area contributed by atoms with Crippen LogP contribution in [0.4, 0.5) is 5.82 Å². The van der Waals surface area contributed by atoms with Crippen molar-refractivity contribution in [3.8, 4) is 0 Å². The van der Waals surface area contributed by atoms with E-state index < -0.39 is 0 Å². The maximum Gasteiger partial charge on any atom is 0.229 e. The molecule has 2 aliphatic rings. The molecule has 6 heteroatoms. The third-order valence-electron chi connectivity index (χ3n) is 5.02. The van der Waals surface area contributed by atoms with Crippen molar-refractivity contribution in [3.05, 3.63) is 47.9 Å². The van der Waals surface area contributed by atoms with E-state index in [9.17, 15) is 4.79 Å². The monoisotopic (exact) mass is 323 g/mol. The molecule has 2 unspecified atom stereocenters.